The molecule has 0 saturated carbocycles. The minimum atomic E-state index is -0.531. The zero-order valence-electron chi connectivity index (χ0n) is 15.9. The van der Waals surface area contributed by atoms with Gasteiger partial charge in [0.1, 0.15) is 18.2 Å². The van der Waals surface area contributed by atoms with Crippen LogP contribution in [0.25, 0.3) is 33.1 Å². The minimum Gasteiger partial charge on any atom is -0.459 e. The number of nitrogens with zero attached hydrogens (tertiary/aromatic N) is 3. The van der Waals surface area contributed by atoms with Gasteiger partial charge in [0.25, 0.3) is 0 Å². The molecule has 0 saturated heterocycles. The van der Waals surface area contributed by atoms with Crippen LogP contribution < -0.4 is 0 Å². The summed E-state index contributed by atoms with van der Waals surface area (Å²) in [7, 11) is 0. The van der Waals surface area contributed by atoms with E-state index in [1.54, 1.807) is 0 Å². The zero-order valence-corrected chi connectivity index (χ0v) is 15.9. The van der Waals surface area contributed by atoms with Crippen LogP contribution in [0.4, 0.5) is 0 Å². The first-order valence-electron chi connectivity index (χ1n) is 9.58. The molecule has 2 aromatic heterocycles. The molecule has 0 aliphatic rings. The second kappa shape index (κ2) is 7.02. The molecule has 5 rings (SSSR count). The molecule has 0 fully saturated rings. The summed E-state index contributed by atoms with van der Waals surface area (Å²) in [6.07, 6.45) is 0. The van der Waals surface area contributed by atoms with Crippen molar-refractivity contribution in [3.05, 3.63) is 84.4 Å². The smallest absolute Gasteiger partial charge is 0.329 e. The van der Waals surface area contributed by atoms with Gasteiger partial charge in [0.15, 0.2) is 5.65 Å². The lowest BCUT2D eigenvalue weighted by Crippen LogP contribution is -2.19. The molecule has 1 unspecified atom stereocenters. The van der Waals surface area contributed by atoms with Crippen LogP contribution >= 0.6 is 0 Å². The molecule has 0 bridgehead atoms. The second-order valence-corrected chi connectivity index (χ2v) is 7.04. The predicted octanol–water partition coefficient (Wildman–Crippen LogP) is 5.04. The van der Waals surface area contributed by atoms with Gasteiger partial charge in [0.2, 0.25) is 0 Å². The maximum atomic E-state index is 12.9. The van der Waals surface area contributed by atoms with Gasteiger partial charge in [-0.05, 0) is 30.7 Å². The van der Waals surface area contributed by atoms with E-state index in [9.17, 15) is 4.79 Å². The summed E-state index contributed by atoms with van der Waals surface area (Å²) in [4.78, 5) is 22.5. The van der Waals surface area contributed by atoms with Crippen molar-refractivity contribution in [3.63, 3.8) is 0 Å². The van der Waals surface area contributed by atoms with Gasteiger partial charge in [-0.2, -0.15) is 0 Å². The van der Waals surface area contributed by atoms with Crippen molar-refractivity contribution in [1.29, 1.82) is 0 Å². The maximum absolute atomic E-state index is 12.9. The van der Waals surface area contributed by atoms with E-state index in [2.05, 4.69) is 0 Å². The number of carbonyl (C=O) groups is 1. The van der Waals surface area contributed by atoms with Crippen LogP contribution in [-0.4, -0.2) is 20.5 Å². The lowest BCUT2D eigenvalue weighted by atomic mass is 10.2. The summed E-state index contributed by atoms with van der Waals surface area (Å²) in [5, 5.41) is 0.975. The van der Waals surface area contributed by atoms with E-state index >= 15 is 0 Å². The molecule has 0 aliphatic heterocycles. The van der Waals surface area contributed by atoms with Gasteiger partial charge in [-0.15, -0.1) is 0 Å². The number of benzene rings is 3. The fraction of sp³-hybridized carbons (Fsp3) is 0.125. The molecule has 1 atom stereocenters. The minimum absolute atomic E-state index is 0.246. The van der Waals surface area contributed by atoms with E-state index in [1.807, 2.05) is 90.4 Å². The van der Waals surface area contributed by atoms with Crippen LogP contribution in [0, 0.1) is 0 Å². The highest BCUT2D eigenvalue weighted by Gasteiger charge is 2.23. The largest absolute Gasteiger partial charge is 0.459 e. The highest BCUT2D eigenvalue weighted by atomic mass is 16.5. The first-order chi connectivity index (χ1) is 14.2. The molecular formula is C24H19N3O2. The lowest BCUT2D eigenvalue weighted by molar-refractivity contribution is -0.148. The van der Waals surface area contributed by atoms with Crippen molar-refractivity contribution in [2.24, 2.45) is 0 Å². The quantitative estimate of drug-likeness (QED) is 0.409. The van der Waals surface area contributed by atoms with E-state index in [0.717, 1.165) is 33.0 Å². The molecule has 0 radical (unpaired) electrons. The standard InChI is InChI=1S/C24H19N3O2/c1-16(24(28)29-15-17-9-3-2-4-10-17)27-21-14-8-5-11-18(21)22-23(27)26-20-13-7-6-12-19(20)25-22/h2-14,16H,15H2,1H3. The monoisotopic (exact) mass is 381 g/mol. The molecule has 5 heteroatoms. The highest BCUT2D eigenvalue weighted by molar-refractivity contribution is 6.07. The third-order valence-electron chi connectivity index (χ3n) is 5.15. The van der Waals surface area contributed by atoms with Gasteiger partial charge in [-0.3, -0.25) is 0 Å². The van der Waals surface area contributed by atoms with Gasteiger partial charge in [0.05, 0.1) is 16.6 Å². The van der Waals surface area contributed by atoms with E-state index < -0.39 is 6.04 Å². The Kier molecular flexibility index (Phi) is 4.21. The number of hydrogen-bond donors (Lipinski definition) is 0. The SMILES string of the molecule is CC(C(=O)OCc1ccccc1)n1c2ccccc2c2nc3ccccc3nc21. The number of esters is 1. The zero-order chi connectivity index (χ0) is 19.8. The van der Waals surface area contributed by atoms with Crippen LogP contribution in [0.5, 0.6) is 0 Å². The predicted molar refractivity (Wildman–Crippen MR) is 113 cm³/mol. The van der Waals surface area contributed by atoms with Crippen LogP contribution in [0.2, 0.25) is 0 Å². The van der Waals surface area contributed by atoms with Crippen LogP contribution in [0.1, 0.15) is 18.5 Å². The Labute approximate surface area is 167 Å². The third kappa shape index (κ3) is 3.01. The highest BCUT2D eigenvalue weighted by Crippen LogP contribution is 2.31. The van der Waals surface area contributed by atoms with Crippen molar-refractivity contribution in [1.82, 2.24) is 14.5 Å². The number of ether oxygens (including phenoxy) is 1. The van der Waals surface area contributed by atoms with Crippen molar-refractivity contribution in [2.75, 3.05) is 0 Å². The Morgan fingerprint density at radius 3 is 2.34 bits per heavy atom. The summed E-state index contributed by atoms with van der Waals surface area (Å²) in [6, 6.07) is 24.9. The lowest BCUT2D eigenvalue weighted by Gasteiger charge is -2.15. The first-order valence-corrected chi connectivity index (χ1v) is 9.58. The van der Waals surface area contributed by atoms with Gasteiger partial charge < -0.3 is 9.30 Å². The molecular weight excluding hydrogens is 362 g/mol. The number of hydrogen-bond acceptors (Lipinski definition) is 4. The van der Waals surface area contributed by atoms with Gasteiger partial charge in [-0.25, -0.2) is 14.8 Å². The number of fused-ring (bicyclic) bond motifs is 4. The molecule has 5 nitrogen and oxygen atoms in total. The van der Waals surface area contributed by atoms with Gasteiger partial charge >= 0.3 is 5.97 Å². The Morgan fingerprint density at radius 2 is 1.55 bits per heavy atom. The molecule has 0 N–H and O–H groups in total. The Balaban J connectivity index is 1.60. The number of carbonyl (C=O) groups excluding carboxylic acids is 1. The molecule has 5 aromatic rings. The van der Waals surface area contributed by atoms with E-state index in [4.69, 9.17) is 14.7 Å². The Bertz CT molecular complexity index is 1340. The van der Waals surface area contributed by atoms with Crippen LogP contribution in [-0.2, 0) is 16.1 Å². The average molecular weight is 381 g/mol. The fourth-order valence-electron chi connectivity index (χ4n) is 3.68. The van der Waals surface area contributed by atoms with Crippen molar-refractivity contribution in [3.8, 4) is 0 Å². The number of aromatic nitrogens is 3. The second-order valence-electron chi connectivity index (χ2n) is 7.04. The molecule has 0 aliphatic carbocycles. The number of para-hydroxylation sites is 3. The van der Waals surface area contributed by atoms with E-state index in [1.165, 1.54) is 0 Å². The van der Waals surface area contributed by atoms with E-state index in [0.29, 0.717) is 5.65 Å². The molecule has 2 heterocycles. The van der Waals surface area contributed by atoms with E-state index in [-0.39, 0.29) is 12.6 Å². The summed E-state index contributed by atoms with van der Waals surface area (Å²) in [5.41, 5.74) is 5.00. The maximum Gasteiger partial charge on any atom is 0.329 e. The first kappa shape index (κ1) is 17.4. The summed E-state index contributed by atoms with van der Waals surface area (Å²) in [6.45, 7) is 2.09. The molecule has 29 heavy (non-hydrogen) atoms. The van der Waals surface area contributed by atoms with Crippen LogP contribution in [0.3, 0.4) is 0 Å². The normalized spacial score (nSPS) is 12.4. The molecule has 3 aromatic carbocycles. The van der Waals surface area contributed by atoms with Gasteiger partial charge in [-0.1, -0.05) is 60.7 Å². The Morgan fingerprint density at radius 1 is 0.897 bits per heavy atom. The van der Waals surface area contributed by atoms with Crippen molar-refractivity contribution < 1.29 is 9.53 Å². The fourth-order valence-corrected chi connectivity index (χ4v) is 3.68. The average Bonchev–Trinajstić information content (AvgIpc) is 3.09. The summed E-state index contributed by atoms with van der Waals surface area (Å²) < 4.78 is 7.52. The van der Waals surface area contributed by atoms with Crippen molar-refractivity contribution >= 4 is 39.1 Å². The van der Waals surface area contributed by atoms with Gasteiger partial charge in [0, 0.05) is 5.39 Å². The Hall–Kier alpha value is -3.73. The summed E-state index contributed by atoms with van der Waals surface area (Å²) >= 11 is 0. The topological polar surface area (TPSA) is 57.0 Å². The molecule has 142 valence electrons. The number of rotatable bonds is 4. The van der Waals surface area contributed by atoms with Crippen molar-refractivity contribution in [2.45, 2.75) is 19.6 Å². The summed E-state index contributed by atoms with van der Waals surface area (Å²) in [5.74, 6) is -0.300. The molecule has 0 spiro atoms. The third-order valence-corrected chi connectivity index (χ3v) is 5.15. The van der Waals surface area contributed by atoms with Crippen LogP contribution in [0.15, 0.2) is 78.9 Å². The molecule has 0 amide bonds.